The first-order chi connectivity index (χ1) is 12.1. The maximum Gasteiger partial charge on any atom is 0.416 e. The highest BCUT2D eigenvalue weighted by atomic mass is 35.5. The van der Waals surface area contributed by atoms with Gasteiger partial charge in [-0.25, -0.2) is 4.39 Å². The van der Waals surface area contributed by atoms with Crippen molar-refractivity contribution < 1.29 is 27.5 Å². The zero-order valence-corrected chi connectivity index (χ0v) is 14.5. The van der Waals surface area contributed by atoms with Crippen LogP contribution >= 0.6 is 11.6 Å². The van der Waals surface area contributed by atoms with Crippen molar-refractivity contribution in [3.05, 3.63) is 70.0 Å². The summed E-state index contributed by atoms with van der Waals surface area (Å²) in [5.74, 6) is -1.75. The van der Waals surface area contributed by atoms with E-state index in [-0.39, 0.29) is 17.5 Å². The second-order valence-electron chi connectivity index (χ2n) is 5.71. The third kappa shape index (κ3) is 4.34. The average Bonchev–Trinajstić information content (AvgIpc) is 2.59. The Morgan fingerprint density at radius 2 is 1.85 bits per heavy atom. The summed E-state index contributed by atoms with van der Waals surface area (Å²) in [4.78, 5) is 12.4. The molecule has 3 nitrogen and oxygen atoms in total. The molecule has 0 saturated carbocycles. The summed E-state index contributed by atoms with van der Waals surface area (Å²) < 4.78 is 52.0. The Morgan fingerprint density at radius 1 is 1.15 bits per heavy atom. The number of aliphatic hydroxyl groups is 1. The second-order valence-corrected chi connectivity index (χ2v) is 6.15. The minimum absolute atomic E-state index is 0.00967. The van der Waals surface area contributed by atoms with Crippen LogP contribution in [0.15, 0.2) is 42.5 Å². The van der Waals surface area contributed by atoms with E-state index in [9.17, 15) is 27.5 Å². The van der Waals surface area contributed by atoms with Gasteiger partial charge in [0.05, 0.1) is 5.56 Å². The van der Waals surface area contributed by atoms with Crippen molar-refractivity contribution in [1.29, 1.82) is 0 Å². The third-order valence-corrected chi connectivity index (χ3v) is 4.24. The summed E-state index contributed by atoms with van der Waals surface area (Å²) in [6.07, 6.45) is -4.64. The number of alkyl halides is 3. The van der Waals surface area contributed by atoms with E-state index in [2.05, 4.69) is 5.32 Å². The molecule has 0 fully saturated rings. The first kappa shape index (κ1) is 20.2. The lowest BCUT2D eigenvalue weighted by molar-refractivity contribution is -0.141. The number of carbonyl (C=O) groups is 1. The van der Waals surface area contributed by atoms with E-state index in [4.69, 9.17) is 11.6 Å². The molecule has 2 N–H and O–H groups in total. The molecule has 26 heavy (non-hydrogen) atoms. The fraction of sp³-hybridized carbons (Fsp3) is 0.278. The van der Waals surface area contributed by atoms with E-state index in [1.807, 2.05) is 0 Å². The van der Waals surface area contributed by atoms with Crippen LogP contribution in [0, 0.1) is 5.82 Å². The van der Waals surface area contributed by atoms with Crippen LogP contribution in [-0.2, 0) is 23.1 Å². The lowest BCUT2D eigenvalue weighted by atomic mass is 9.90. The van der Waals surface area contributed by atoms with Gasteiger partial charge in [-0.3, -0.25) is 4.79 Å². The minimum atomic E-state index is -4.63. The van der Waals surface area contributed by atoms with Crippen molar-refractivity contribution in [3.8, 4) is 0 Å². The Balaban J connectivity index is 2.22. The standard InChI is InChI=1S/C18H16ClF4NO2/c1-2-17(26,12-4-3-5-14(19)9-12)16(25)24-10-11-8-13(18(21,22)23)6-7-15(11)20/h3-9,26H,2,10H2,1H3,(H,24,25). The highest BCUT2D eigenvalue weighted by Crippen LogP contribution is 2.31. The van der Waals surface area contributed by atoms with Crippen LogP contribution in [0.5, 0.6) is 0 Å². The summed E-state index contributed by atoms with van der Waals surface area (Å²) >= 11 is 5.87. The van der Waals surface area contributed by atoms with E-state index < -0.39 is 35.6 Å². The molecule has 0 saturated heterocycles. The van der Waals surface area contributed by atoms with Gasteiger partial charge in [-0.05, 0) is 42.3 Å². The van der Waals surface area contributed by atoms with Crippen molar-refractivity contribution in [3.63, 3.8) is 0 Å². The molecule has 0 aliphatic heterocycles. The third-order valence-electron chi connectivity index (χ3n) is 4.00. The van der Waals surface area contributed by atoms with Crippen LogP contribution < -0.4 is 5.32 Å². The summed E-state index contributed by atoms with van der Waals surface area (Å²) in [6, 6.07) is 7.96. The molecule has 0 aromatic heterocycles. The topological polar surface area (TPSA) is 49.3 Å². The second kappa shape index (κ2) is 7.63. The van der Waals surface area contributed by atoms with Crippen molar-refractivity contribution >= 4 is 17.5 Å². The maximum absolute atomic E-state index is 13.8. The summed E-state index contributed by atoms with van der Waals surface area (Å²) in [5, 5.41) is 13.3. The molecule has 2 aromatic carbocycles. The van der Waals surface area contributed by atoms with Gasteiger partial charge in [0.2, 0.25) is 0 Å². The molecular formula is C18H16ClF4NO2. The summed E-state index contributed by atoms with van der Waals surface area (Å²) in [6.45, 7) is 1.06. The maximum atomic E-state index is 13.8. The number of nitrogens with one attached hydrogen (secondary N) is 1. The first-order valence-corrected chi connectivity index (χ1v) is 8.08. The Kier molecular flexibility index (Phi) is 5.93. The SMILES string of the molecule is CCC(O)(C(=O)NCc1cc(C(F)(F)F)ccc1F)c1cccc(Cl)c1. The predicted molar refractivity (Wildman–Crippen MR) is 88.9 cm³/mol. The molecule has 2 rings (SSSR count). The molecule has 0 aliphatic rings. The van der Waals surface area contributed by atoms with Gasteiger partial charge < -0.3 is 10.4 Å². The van der Waals surface area contributed by atoms with Crippen LogP contribution in [-0.4, -0.2) is 11.0 Å². The van der Waals surface area contributed by atoms with Crippen LogP contribution in [0.1, 0.15) is 30.0 Å². The van der Waals surface area contributed by atoms with Gasteiger partial charge in [0.15, 0.2) is 5.60 Å². The Morgan fingerprint density at radius 3 is 2.42 bits per heavy atom. The van der Waals surface area contributed by atoms with Gasteiger partial charge in [-0.15, -0.1) is 0 Å². The highest BCUT2D eigenvalue weighted by molar-refractivity contribution is 6.30. The Bertz CT molecular complexity index is 810. The molecule has 140 valence electrons. The number of benzene rings is 2. The minimum Gasteiger partial charge on any atom is -0.375 e. The molecule has 0 radical (unpaired) electrons. The molecule has 0 bridgehead atoms. The van der Waals surface area contributed by atoms with Gasteiger partial charge in [-0.2, -0.15) is 13.2 Å². The quantitative estimate of drug-likeness (QED) is 0.744. The van der Waals surface area contributed by atoms with Gasteiger partial charge in [-0.1, -0.05) is 30.7 Å². The molecule has 1 unspecified atom stereocenters. The smallest absolute Gasteiger partial charge is 0.375 e. The van der Waals surface area contributed by atoms with Gasteiger partial charge in [0, 0.05) is 17.1 Å². The van der Waals surface area contributed by atoms with Crippen molar-refractivity contribution in [2.45, 2.75) is 31.7 Å². The Labute approximate surface area is 152 Å². The number of carbonyl (C=O) groups excluding carboxylic acids is 1. The monoisotopic (exact) mass is 389 g/mol. The molecule has 0 spiro atoms. The number of hydrogen-bond acceptors (Lipinski definition) is 2. The van der Waals surface area contributed by atoms with Crippen molar-refractivity contribution in [2.75, 3.05) is 0 Å². The van der Waals surface area contributed by atoms with Crippen molar-refractivity contribution in [2.24, 2.45) is 0 Å². The number of rotatable bonds is 5. The van der Waals surface area contributed by atoms with E-state index in [1.165, 1.54) is 12.1 Å². The molecule has 0 heterocycles. The van der Waals surface area contributed by atoms with Crippen LogP contribution in [0.3, 0.4) is 0 Å². The van der Waals surface area contributed by atoms with Gasteiger partial charge in [0.1, 0.15) is 5.82 Å². The molecule has 1 amide bonds. The number of halogens is 5. The largest absolute Gasteiger partial charge is 0.416 e. The molecule has 8 heteroatoms. The fourth-order valence-corrected chi connectivity index (χ4v) is 2.64. The Hall–Kier alpha value is -2.12. The van der Waals surface area contributed by atoms with E-state index in [1.54, 1.807) is 19.1 Å². The van der Waals surface area contributed by atoms with E-state index in [0.717, 1.165) is 0 Å². The summed E-state index contributed by atoms with van der Waals surface area (Å²) in [5.41, 5.74) is -3.07. The zero-order chi connectivity index (χ0) is 19.5. The summed E-state index contributed by atoms with van der Waals surface area (Å²) in [7, 11) is 0. The predicted octanol–water partition coefficient (Wildman–Crippen LogP) is 4.41. The highest BCUT2D eigenvalue weighted by Gasteiger charge is 2.36. The van der Waals surface area contributed by atoms with Crippen molar-refractivity contribution in [1.82, 2.24) is 5.32 Å². The average molecular weight is 390 g/mol. The number of hydrogen-bond donors (Lipinski definition) is 2. The van der Waals surface area contributed by atoms with Gasteiger partial charge in [0.25, 0.3) is 5.91 Å². The molecule has 0 aliphatic carbocycles. The van der Waals surface area contributed by atoms with E-state index >= 15 is 0 Å². The van der Waals surface area contributed by atoms with Crippen LogP contribution in [0.4, 0.5) is 17.6 Å². The van der Waals surface area contributed by atoms with E-state index in [0.29, 0.717) is 23.2 Å². The van der Waals surface area contributed by atoms with Gasteiger partial charge >= 0.3 is 6.18 Å². The fourth-order valence-electron chi connectivity index (χ4n) is 2.45. The van der Waals surface area contributed by atoms with Crippen LogP contribution in [0.25, 0.3) is 0 Å². The zero-order valence-electron chi connectivity index (χ0n) is 13.7. The molecule has 2 aromatic rings. The molecular weight excluding hydrogens is 374 g/mol. The lowest BCUT2D eigenvalue weighted by Crippen LogP contribution is -2.43. The normalized spacial score (nSPS) is 14.0. The first-order valence-electron chi connectivity index (χ1n) is 7.70. The van der Waals surface area contributed by atoms with Crippen LogP contribution in [0.2, 0.25) is 5.02 Å². The molecule has 1 atom stereocenters. The number of amides is 1. The lowest BCUT2D eigenvalue weighted by Gasteiger charge is -2.26.